The number of thiocarbonyl (C=S) groups is 1. The molecule has 1 aromatic heterocycles. The van der Waals surface area contributed by atoms with Gasteiger partial charge >= 0.3 is 0 Å². The van der Waals surface area contributed by atoms with Crippen LogP contribution in [0, 0.1) is 10.1 Å². The smallest absolute Gasteiger partial charge is 0.282 e. The first-order valence-corrected chi connectivity index (χ1v) is 9.03. The van der Waals surface area contributed by atoms with Gasteiger partial charge in [-0.3, -0.25) is 20.2 Å². The average Bonchev–Trinajstić information content (AvgIpc) is 3.08. The molecule has 0 aliphatic carbocycles. The number of carbonyl (C=O) groups is 1. The Balaban J connectivity index is 1.78. The summed E-state index contributed by atoms with van der Waals surface area (Å²) in [4.78, 5) is 27.2. The highest BCUT2D eigenvalue weighted by Crippen LogP contribution is 2.36. The molecule has 1 heterocycles. The second kappa shape index (κ2) is 8.15. The number of nitro groups is 1. The number of para-hydroxylation sites is 1. The number of aromatic nitrogens is 1. The molecule has 2 aromatic carbocycles. The van der Waals surface area contributed by atoms with Gasteiger partial charge in [-0.2, -0.15) is 0 Å². The minimum Gasteiger partial charge on any atom is -0.497 e. The van der Waals surface area contributed by atoms with E-state index in [1.54, 1.807) is 19.2 Å². The van der Waals surface area contributed by atoms with Crippen LogP contribution in [0.1, 0.15) is 10.4 Å². The predicted molar refractivity (Wildman–Crippen MR) is 110 cm³/mol. The Morgan fingerprint density at radius 2 is 2.00 bits per heavy atom. The number of nitrogens with zero attached hydrogens (tertiary/aromatic N) is 2. The molecule has 0 bridgehead atoms. The van der Waals surface area contributed by atoms with Crippen LogP contribution >= 0.6 is 23.6 Å². The molecule has 0 aliphatic heterocycles. The van der Waals surface area contributed by atoms with E-state index in [-0.39, 0.29) is 16.4 Å². The molecule has 144 valence electrons. The van der Waals surface area contributed by atoms with Gasteiger partial charge in [0.05, 0.1) is 23.8 Å². The monoisotopic (exact) mass is 418 g/mol. The van der Waals surface area contributed by atoms with E-state index in [4.69, 9.17) is 21.7 Å². The minimum absolute atomic E-state index is 0.0341. The molecule has 0 aliphatic rings. The molecule has 11 heteroatoms. The number of thiazole rings is 1. The fourth-order valence-electron chi connectivity index (χ4n) is 2.43. The van der Waals surface area contributed by atoms with E-state index in [1.807, 2.05) is 0 Å². The number of hydrogen-bond donors (Lipinski definition) is 2. The molecule has 3 rings (SSSR count). The summed E-state index contributed by atoms with van der Waals surface area (Å²) in [7, 11) is 3.08. The summed E-state index contributed by atoms with van der Waals surface area (Å²) < 4.78 is 11.3. The van der Waals surface area contributed by atoms with Gasteiger partial charge in [-0.1, -0.05) is 23.5 Å². The summed E-state index contributed by atoms with van der Waals surface area (Å²) in [5, 5.41) is 16.7. The van der Waals surface area contributed by atoms with Gasteiger partial charge in [-0.05, 0) is 24.4 Å². The van der Waals surface area contributed by atoms with Crippen molar-refractivity contribution >= 4 is 55.6 Å². The van der Waals surface area contributed by atoms with Crippen LogP contribution < -0.4 is 20.1 Å². The van der Waals surface area contributed by atoms with Crippen molar-refractivity contribution in [3.8, 4) is 11.5 Å². The molecular formula is C17H14N4O5S2. The number of anilines is 1. The Hall–Kier alpha value is -3.31. The maximum absolute atomic E-state index is 12.3. The van der Waals surface area contributed by atoms with Gasteiger partial charge in [0, 0.05) is 12.1 Å². The van der Waals surface area contributed by atoms with Gasteiger partial charge in [0.2, 0.25) is 0 Å². The van der Waals surface area contributed by atoms with Gasteiger partial charge < -0.3 is 14.8 Å². The topological polar surface area (TPSA) is 116 Å². The molecule has 3 aromatic rings. The quantitative estimate of drug-likeness (QED) is 0.368. The number of ether oxygens (including phenoxy) is 2. The summed E-state index contributed by atoms with van der Waals surface area (Å²) in [6, 6.07) is 9.12. The highest BCUT2D eigenvalue weighted by molar-refractivity contribution is 7.80. The lowest BCUT2D eigenvalue weighted by molar-refractivity contribution is -0.385. The van der Waals surface area contributed by atoms with Crippen molar-refractivity contribution in [2.75, 3.05) is 19.5 Å². The van der Waals surface area contributed by atoms with Crippen LogP contribution in [-0.2, 0) is 0 Å². The molecule has 0 fully saturated rings. The Morgan fingerprint density at radius 3 is 2.68 bits per heavy atom. The molecular weight excluding hydrogens is 404 g/mol. The van der Waals surface area contributed by atoms with Crippen molar-refractivity contribution in [2.24, 2.45) is 0 Å². The summed E-state index contributed by atoms with van der Waals surface area (Å²) >= 11 is 6.42. The summed E-state index contributed by atoms with van der Waals surface area (Å²) in [6.45, 7) is 0. The van der Waals surface area contributed by atoms with E-state index < -0.39 is 10.8 Å². The van der Waals surface area contributed by atoms with Gasteiger partial charge in [0.1, 0.15) is 22.6 Å². The number of carbonyl (C=O) groups excluding carboxylic acids is 1. The van der Waals surface area contributed by atoms with Crippen LogP contribution in [-0.4, -0.2) is 35.1 Å². The molecule has 0 spiro atoms. The van der Waals surface area contributed by atoms with E-state index >= 15 is 0 Å². The van der Waals surface area contributed by atoms with Crippen LogP contribution in [0.4, 0.5) is 10.8 Å². The van der Waals surface area contributed by atoms with Crippen LogP contribution in [0.5, 0.6) is 11.5 Å². The molecule has 0 atom stereocenters. The first kappa shape index (κ1) is 19.5. The van der Waals surface area contributed by atoms with Crippen LogP contribution in [0.2, 0.25) is 0 Å². The normalized spacial score (nSPS) is 10.4. The van der Waals surface area contributed by atoms with Crippen molar-refractivity contribution in [3.63, 3.8) is 0 Å². The molecule has 9 nitrogen and oxygen atoms in total. The Morgan fingerprint density at radius 1 is 1.25 bits per heavy atom. The van der Waals surface area contributed by atoms with Crippen LogP contribution in [0.25, 0.3) is 10.2 Å². The number of nitro benzene ring substituents is 1. The molecule has 0 saturated carbocycles. The van der Waals surface area contributed by atoms with E-state index in [0.29, 0.717) is 22.1 Å². The Kier molecular flexibility index (Phi) is 5.66. The summed E-state index contributed by atoms with van der Waals surface area (Å²) in [5.41, 5.74) is 0.218. The second-order valence-corrected chi connectivity index (χ2v) is 6.82. The Labute approximate surface area is 168 Å². The van der Waals surface area contributed by atoms with Gasteiger partial charge in [0.15, 0.2) is 10.2 Å². The fraction of sp³-hybridized carbons (Fsp3) is 0.118. The third-order valence-corrected chi connectivity index (χ3v) is 4.80. The van der Waals surface area contributed by atoms with Crippen molar-refractivity contribution < 1.29 is 19.2 Å². The van der Waals surface area contributed by atoms with Crippen molar-refractivity contribution in [2.45, 2.75) is 0 Å². The number of fused-ring (bicyclic) bond motifs is 1. The van der Waals surface area contributed by atoms with Crippen molar-refractivity contribution in [1.29, 1.82) is 0 Å². The SMILES string of the molecule is COc1cc(OC)c2nc(NC(=S)NC(=O)c3ccccc3[N+](=O)[O-])sc2c1. The Bertz CT molecular complexity index is 1080. The van der Waals surface area contributed by atoms with Crippen molar-refractivity contribution in [1.82, 2.24) is 10.3 Å². The van der Waals surface area contributed by atoms with E-state index in [9.17, 15) is 14.9 Å². The zero-order valence-electron chi connectivity index (χ0n) is 14.7. The third kappa shape index (κ3) is 4.00. The number of methoxy groups -OCH3 is 2. The maximum atomic E-state index is 12.3. The summed E-state index contributed by atoms with van der Waals surface area (Å²) in [5.74, 6) is 0.463. The minimum atomic E-state index is -0.690. The first-order chi connectivity index (χ1) is 13.4. The van der Waals surface area contributed by atoms with Crippen molar-refractivity contribution in [3.05, 3.63) is 52.1 Å². The lowest BCUT2D eigenvalue weighted by Crippen LogP contribution is -2.34. The molecule has 0 radical (unpaired) electrons. The lowest BCUT2D eigenvalue weighted by atomic mass is 10.1. The van der Waals surface area contributed by atoms with E-state index in [0.717, 1.165) is 4.70 Å². The zero-order chi connectivity index (χ0) is 20.3. The third-order valence-electron chi connectivity index (χ3n) is 3.68. The molecule has 28 heavy (non-hydrogen) atoms. The lowest BCUT2D eigenvalue weighted by Gasteiger charge is -2.07. The predicted octanol–water partition coefficient (Wildman–Crippen LogP) is 3.35. The molecule has 2 N–H and O–H groups in total. The number of hydrogen-bond acceptors (Lipinski definition) is 8. The largest absolute Gasteiger partial charge is 0.497 e. The van der Waals surface area contributed by atoms with Gasteiger partial charge in [-0.15, -0.1) is 0 Å². The van der Waals surface area contributed by atoms with E-state index in [2.05, 4.69) is 15.6 Å². The number of nitrogens with one attached hydrogen (secondary N) is 2. The first-order valence-electron chi connectivity index (χ1n) is 7.81. The number of rotatable bonds is 5. The van der Waals surface area contributed by atoms with Crippen LogP contribution in [0.3, 0.4) is 0 Å². The number of benzene rings is 2. The molecule has 0 saturated heterocycles. The summed E-state index contributed by atoms with van der Waals surface area (Å²) in [6.07, 6.45) is 0. The highest BCUT2D eigenvalue weighted by atomic mass is 32.1. The highest BCUT2D eigenvalue weighted by Gasteiger charge is 2.20. The van der Waals surface area contributed by atoms with Gasteiger partial charge in [0.25, 0.3) is 11.6 Å². The number of amides is 1. The van der Waals surface area contributed by atoms with Gasteiger partial charge in [-0.25, -0.2) is 4.98 Å². The van der Waals surface area contributed by atoms with Crippen LogP contribution in [0.15, 0.2) is 36.4 Å². The molecule has 1 amide bonds. The zero-order valence-corrected chi connectivity index (χ0v) is 16.3. The van der Waals surface area contributed by atoms with E-state index in [1.165, 1.54) is 42.7 Å². The standard InChI is InChI=1S/C17H14N4O5S2/c1-25-9-7-12(26-2)14-13(8-9)28-17(18-14)20-16(27)19-15(22)10-5-3-4-6-11(10)21(23)24/h3-8H,1-2H3,(H2,18,19,20,22,27). The fourth-order valence-corrected chi connectivity index (χ4v) is 3.60. The average molecular weight is 418 g/mol. The molecule has 0 unspecified atom stereocenters. The second-order valence-electron chi connectivity index (χ2n) is 5.38. The maximum Gasteiger partial charge on any atom is 0.282 e.